The molecule has 1 aliphatic heterocycles. The molecule has 0 aromatic heterocycles. The third-order valence-corrected chi connectivity index (χ3v) is 5.75. The Bertz CT molecular complexity index is 822. The first-order chi connectivity index (χ1) is 12.1. The van der Waals surface area contributed by atoms with Crippen LogP contribution in [0.15, 0.2) is 58.8 Å². The molecule has 2 aromatic rings. The molecule has 0 bridgehead atoms. The Morgan fingerprint density at radius 1 is 1.08 bits per heavy atom. The molecule has 1 unspecified atom stereocenters. The molecular formula is C22H24N2O. The summed E-state index contributed by atoms with van der Waals surface area (Å²) in [4.78, 5) is 13.5. The molecule has 0 saturated carbocycles. The van der Waals surface area contributed by atoms with Crippen molar-refractivity contribution in [1.29, 1.82) is 0 Å². The van der Waals surface area contributed by atoms with Gasteiger partial charge in [0.05, 0.1) is 6.54 Å². The first-order valence-corrected chi connectivity index (χ1v) is 9.23. The number of hydrogen-bond acceptors (Lipinski definition) is 3. The summed E-state index contributed by atoms with van der Waals surface area (Å²) in [5, 5.41) is 8.90. The Hall–Kier alpha value is -2.29. The van der Waals surface area contributed by atoms with Crippen LogP contribution in [0.1, 0.15) is 65.6 Å². The summed E-state index contributed by atoms with van der Waals surface area (Å²) in [6, 6.07) is 16.7. The molecule has 0 N–H and O–H groups in total. The first kappa shape index (κ1) is 16.2. The molecule has 0 saturated heterocycles. The SMILES string of the molecule is CC(C)c1ccc([C@@H]2CN=NC23CCCc2ccccc2C3=O)cc1. The molecular weight excluding hydrogens is 308 g/mol. The standard InChI is InChI=1S/C22H24N2O/c1-15(2)16-9-11-18(12-10-16)20-14-23-24-22(20)13-5-7-17-6-3-4-8-19(17)21(22)25/h3-4,6,8-12,15,20H,5,7,13-14H2,1-2H3/t20-,22?/m0/s1. The fourth-order valence-electron chi connectivity index (χ4n) is 4.25. The molecule has 1 heterocycles. The van der Waals surface area contributed by atoms with Crippen molar-refractivity contribution >= 4 is 5.78 Å². The monoisotopic (exact) mass is 332 g/mol. The zero-order valence-corrected chi connectivity index (χ0v) is 14.9. The van der Waals surface area contributed by atoms with Crippen molar-refractivity contribution in [3.63, 3.8) is 0 Å². The summed E-state index contributed by atoms with van der Waals surface area (Å²) >= 11 is 0. The van der Waals surface area contributed by atoms with Crippen molar-refractivity contribution in [1.82, 2.24) is 0 Å². The lowest BCUT2D eigenvalue weighted by Crippen LogP contribution is -2.40. The number of azo groups is 1. The van der Waals surface area contributed by atoms with E-state index in [0.717, 1.165) is 30.4 Å². The Morgan fingerprint density at radius 3 is 2.60 bits per heavy atom. The molecule has 2 aromatic carbocycles. The van der Waals surface area contributed by atoms with E-state index >= 15 is 0 Å². The molecule has 25 heavy (non-hydrogen) atoms. The minimum atomic E-state index is -0.716. The average molecular weight is 332 g/mol. The smallest absolute Gasteiger partial charge is 0.193 e. The third kappa shape index (κ3) is 2.62. The van der Waals surface area contributed by atoms with Crippen LogP contribution in [-0.4, -0.2) is 17.9 Å². The summed E-state index contributed by atoms with van der Waals surface area (Å²) in [5.74, 6) is 0.708. The number of nitrogens with zero attached hydrogens (tertiary/aromatic N) is 2. The second-order valence-electron chi connectivity index (χ2n) is 7.56. The van der Waals surface area contributed by atoms with Gasteiger partial charge in [0, 0.05) is 11.5 Å². The van der Waals surface area contributed by atoms with Crippen molar-refractivity contribution in [2.45, 2.75) is 50.5 Å². The first-order valence-electron chi connectivity index (χ1n) is 9.23. The van der Waals surface area contributed by atoms with Gasteiger partial charge in [0.25, 0.3) is 0 Å². The molecule has 128 valence electrons. The van der Waals surface area contributed by atoms with Crippen LogP contribution in [0.4, 0.5) is 0 Å². The van der Waals surface area contributed by atoms with Gasteiger partial charge in [-0.05, 0) is 41.9 Å². The number of carbonyl (C=O) groups excluding carboxylic acids is 1. The molecule has 2 atom stereocenters. The van der Waals surface area contributed by atoms with Crippen LogP contribution in [-0.2, 0) is 6.42 Å². The quantitative estimate of drug-likeness (QED) is 0.734. The van der Waals surface area contributed by atoms with E-state index in [2.05, 4.69) is 54.4 Å². The van der Waals surface area contributed by atoms with Gasteiger partial charge in [-0.15, -0.1) is 0 Å². The predicted molar refractivity (Wildman–Crippen MR) is 99.4 cm³/mol. The van der Waals surface area contributed by atoms with Gasteiger partial charge in [0.2, 0.25) is 0 Å². The maximum atomic E-state index is 13.5. The summed E-state index contributed by atoms with van der Waals surface area (Å²) in [6.07, 6.45) is 2.70. The lowest BCUT2D eigenvalue weighted by molar-refractivity contribution is 0.0870. The van der Waals surface area contributed by atoms with E-state index in [1.807, 2.05) is 18.2 Å². The maximum absolute atomic E-state index is 13.5. The minimum Gasteiger partial charge on any atom is -0.291 e. The second kappa shape index (κ2) is 6.21. The van der Waals surface area contributed by atoms with E-state index in [0.29, 0.717) is 12.5 Å². The third-order valence-electron chi connectivity index (χ3n) is 5.75. The lowest BCUT2D eigenvalue weighted by atomic mass is 9.74. The number of hydrogen-bond donors (Lipinski definition) is 0. The normalized spacial score (nSPS) is 25.4. The molecule has 0 fully saturated rings. The highest BCUT2D eigenvalue weighted by atomic mass is 16.1. The summed E-state index contributed by atoms with van der Waals surface area (Å²) in [6.45, 7) is 5.00. The van der Waals surface area contributed by atoms with E-state index in [-0.39, 0.29) is 11.7 Å². The molecule has 0 amide bonds. The summed E-state index contributed by atoms with van der Waals surface area (Å²) in [5.41, 5.74) is 3.78. The van der Waals surface area contributed by atoms with E-state index in [1.54, 1.807) is 0 Å². The van der Waals surface area contributed by atoms with Crippen molar-refractivity contribution < 1.29 is 4.79 Å². The van der Waals surface area contributed by atoms with Crippen LogP contribution >= 0.6 is 0 Å². The fourth-order valence-corrected chi connectivity index (χ4v) is 4.25. The molecule has 1 spiro atoms. The maximum Gasteiger partial charge on any atom is 0.193 e. The van der Waals surface area contributed by atoms with E-state index in [9.17, 15) is 4.79 Å². The van der Waals surface area contributed by atoms with Gasteiger partial charge < -0.3 is 0 Å². The number of carbonyl (C=O) groups is 1. The zero-order valence-electron chi connectivity index (χ0n) is 14.9. The molecule has 2 aliphatic rings. The highest BCUT2D eigenvalue weighted by Crippen LogP contribution is 2.45. The number of aryl methyl sites for hydroxylation is 1. The van der Waals surface area contributed by atoms with E-state index < -0.39 is 5.54 Å². The van der Waals surface area contributed by atoms with Crippen molar-refractivity contribution in [2.75, 3.05) is 6.54 Å². The number of rotatable bonds is 2. The molecule has 3 heteroatoms. The number of ketones is 1. The van der Waals surface area contributed by atoms with Crippen LogP contribution in [0.2, 0.25) is 0 Å². The van der Waals surface area contributed by atoms with Gasteiger partial charge in [-0.2, -0.15) is 10.2 Å². The van der Waals surface area contributed by atoms with Gasteiger partial charge in [-0.25, -0.2) is 0 Å². The van der Waals surface area contributed by atoms with Crippen LogP contribution < -0.4 is 0 Å². The zero-order chi connectivity index (χ0) is 17.4. The number of fused-ring (bicyclic) bond motifs is 1. The van der Waals surface area contributed by atoms with Gasteiger partial charge in [-0.3, -0.25) is 4.79 Å². The highest BCUT2D eigenvalue weighted by Gasteiger charge is 2.50. The van der Waals surface area contributed by atoms with Crippen LogP contribution in [0.3, 0.4) is 0 Å². The summed E-state index contributed by atoms with van der Waals surface area (Å²) < 4.78 is 0. The van der Waals surface area contributed by atoms with Crippen LogP contribution in [0.25, 0.3) is 0 Å². The van der Waals surface area contributed by atoms with Gasteiger partial charge in [-0.1, -0.05) is 62.4 Å². The molecule has 3 nitrogen and oxygen atoms in total. The highest BCUT2D eigenvalue weighted by molar-refractivity contribution is 6.05. The summed E-state index contributed by atoms with van der Waals surface area (Å²) in [7, 11) is 0. The predicted octanol–water partition coefficient (Wildman–Crippen LogP) is 5.32. The van der Waals surface area contributed by atoms with E-state index in [1.165, 1.54) is 11.1 Å². The topological polar surface area (TPSA) is 41.8 Å². The Labute approximate surface area is 149 Å². The molecule has 1 aliphatic carbocycles. The molecule has 4 rings (SSSR count). The molecule has 0 radical (unpaired) electrons. The van der Waals surface area contributed by atoms with Gasteiger partial charge in [0.1, 0.15) is 0 Å². The number of benzene rings is 2. The van der Waals surface area contributed by atoms with E-state index in [4.69, 9.17) is 0 Å². The Kier molecular flexibility index (Phi) is 4.03. The second-order valence-corrected chi connectivity index (χ2v) is 7.56. The lowest BCUT2D eigenvalue weighted by Gasteiger charge is -2.29. The fraction of sp³-hybridized carbons (Fsp3) is 0.409. The Morgan fingerprint density at radius 2 is 1.84 bits per heavy atom. The van der Waals surface area contributed by atoms with Gasteiger partial charge >= 0.3 is 0 Å². The van der Waals surface area contributed by atoms with Crippen molar-refractivity contribution in [3.05, 3.63) is 70.8 Å². The Balaban J connectivity index is 1.75. The van der Waals surface area contributed by atoms with Crippen molar-refractivity contribution in [3.8, 4) is 0 Å². The van der Waals surface area contributed by atoms with Crippen LogP contribution in [0.5, 0.6) is 0 Å². The van der Waals surface area contributed by atoms with Crippen LogP contribution in [0, 0.1) is 0 Å². The number of Topliss-reactive ketones (excluding diaryl/α,β-unsaturated/α-hetero) is 1. The van der Waals surface area contributed by atoms with Crippen molar-refractivity contribution in [2.24, 2.45) is 10.2 Å². The average Bonchev–Trinajstić information content (AvgIpc) is 3.00. The largest absolute Gasteiger partial charge is 0.291 e. The van der Waals surface area contributed by atoms with Gasteiger partial charge in [0.15, 0.2) is 11.3 Å². The minimum absolute atomic E-state index is 0.0485.